The van der Waals surface area contributed by atoms with Crippen LogP contribution in [0.25, 0.3) is 10.9 Å². The van der Waals surface area contributed by atoms with Crippen molar-refractivity contribution in [3.05, 3.63) is 60.7 Å². The summed E-state index contributed by atoms with van der Waals surface area (Å²) >= 11 is 0. The van der Waals surface area contributed by atoms with Crippen molar-refractivity contribution in [3.8, 4) is 0 Å². The molecule has 162 valence electrons. The molecule has 1 amide bonds. The first-order chi connectivity index (χ1) is 14.8. The van der Waals surface area contributed by atoms with Gasteiger partial charge in [0.2, 0.25) is 15.9 Å². The molecule has 1 aromatic heterocycles. The number of nitrogens with zero attached hydrogens (tertiary/aromatic N) is 3. The molecule has 0 spiro atoms. The molecule has 31 heavy (non-hydrogen) atoms. The number of pyridine rings is 1. The minimum absolute atomic E-state index is 0.0111. The number of hydrogen-bond donors (Lipinski definition) is 2. The topological polar surface area (TPSA) is 109 Å². The molecule has 2 heterocycles. The first-order valence-corrected chi connectivity index (χ1v) is 11.6. The number of nitrogens with one attached hydrogen (secondary N) is 1. The lowest BCUT2D eigenvalue weighted by molar-refractivity contribution is -0.120. The quantitative estimate of drug-likeness (QED) is 0.630. The SMILES string of the molecule is CC(C(=O)Nc1ccc(S(N)(=O)=O)cc1)N1CCN(c2ccc3ccccc3n2)CC1. The van der Waals surface area contributed by atoms with Gasteiger partial charge in [0.15, 0.2) is 0 Å². The summed E-state index contributed by atoms with van der Waals surface area (Å²) in [5.74, 6) is 0.811. The van der Waals surface area contributed by atoms with Crippen LogP contribution < -0.4 is 15.4 Å². The summed E-state index contributed by atoms with van der Waals surface area (Å²) in [6, 6.07) is 17.7. The lowest BCUT2D eigenvalue weighted by Crippen LogP contribution is -2.53. The maximum Gasteiger partial charge on any atom is 0.241 e. The largest absolute Gasteiger partial charge is 0.354 e. The predicted molar refractivity (Wildman–Crippen MR) is 121 cm³/mol. The number of rotatable bonds is 5. The van der Waals surface area contributed by atoms with Crippen LogP contribution in [0.15, 0.2) is 65.6 Å². The van der Waals surface area contributed by atoms with Gasteiger partial charge >= 0.3 is 0 Å². The molecule has 3 aromatic rings. The van der Waals surface area contributed by atoms with Crippen molar-refractivity contribution in [2.75, 3.05) is 36.4 Å². The minimum atomic E-state index is -3.75. The molecule has 4 rings (SSSR count). The molecule has 1 unspecified atom stereocenters. The molecular weight excluding hydrogens is 414 g/mol. The average Bonchev–Trinajstić information content (AvgIpc) is 2.78. The van der Waals surface area contributed by atoms with Gasteiger partial charge in [-0.3, -0.25) is 9.69 Å². The fourth-order valence-electron chi connectivity index (χ4n) is 3.71. The van der Waals surface area contributed by atoms with Crippen LogP contribution in [0.5, 0.6) is 0 Å². The van der Waals surface area contributed by atoms with Crippen molar-refractivity contribution in [3.63, 3.8) is 0 Å². The highest BCUT2D eigenvalue weighted by atomic mass is 32.2. The van der Waals surface area contributed by atoms with Crippen molar-refractivity contribution in [1.82, 2.24) is 9.88 Å². The number of sulfonamides is 1. The predicted octanol–water partition coefficient (Wildman–Crippen LogP) is 2.03. The number of anilines is 2. The molecule has 3 N–H and O–H groups in total. The van der Waals surface area contributed by atoms with E-state index in [0.717, 1.165) is 42.9 Å². The number of carbonyl (C=O) groups is 1. The molecule has 0 bridgehead atoms. The lowest BCUT2D eigenvalue weighted by atomic mass is 10.2. The van der Waals surface area contributed by atoms with Crippen molar-refractivity contribution < 1.29 is 13.2 Å². The van der Waals surface area contributed by atoms with Crippen LogP contribution in [0.2, 0.25) is 0 Å². The molecule has 0 saturated carbocycles. The normalized spacial score (nSPS) is 16.3. The number of piperazine rings is 1. The Morgan fingerprint density at radius 3 is 2.35 bits per heavy atom. The van der Waals surface area contributed by atoms with Gasteiger partial charge in [-0.2, -0.15) is 0 Å². The second-order valence-electron chi connectivity index (χ2n) is 7.62. The summed E-state index contributed by atoms with van der Waals surface area (Å²) in [6.07, 6.45) is 0. The average molecular weight is 440 g/mol. The summed E-state index contributed by atoms with van der Waals surface area (Å²) in [4.78, 5) is 21.8. The van der Waals surface area contributed by atoms with E-state index in [1.165, 1.54) is 24.3 Å². The summed E-state index contributed by atoms with van der Waals surface area (Å²) in [5.41, 5.74) is 1.51. The molecule has 8 nitrogen and oxygen atoms in total. The number of carbonyl (C=O) groups excluding carboxylic acids is 1. The van der Waals surface area contributed by atoms with Crippen LogP contribution >= 0.6 is 0 Å². The van der Waals surface area contributed by atoms with Gasteiger partial charge < -0.3 is 10.2 Å². The van der Waals surface area contributed by atoms with E-state index in [9.17, 15) is 13.2 Å². The Morgan fingerprint density at radius 2 is 1.68 bits per heavy atom. The molecule has 0 radical (unpaired) electrons. The number of hydrogen-bond acceptors (Lipinski definition) is 6. The number of primary sulfonamides is 1. The van der Waals surface area contributed by atoms with Gasteiger partial charge in [0, 0.05) is 37.3 Å². The van der Waals surface area contributed by atoms with E-state index in [1.54, 1.807) is 0 Å². The van der Waals surface area contributed by atoms with E-state index < -0.39 is 10.0 Å². The molecule has 1 aliphatic rings. The van der Waals surface area contributed by atoms with E-state index in [0.29, 0.717) is 5.69 Å². The highest BCUT2D eigenvalue weighted by Crippen LogP contribution is 2.20. The fraction of sp³-hybridized carbons (Fsp3) is 0.273. The number of para-hydroxylation sites is 1. The van der Waals surface area contributed by atoms with Crippen molar-refractivity contribution in [2.45, 2.75) is 17.9 Å². The van der Waals surface area contributed by atoms with E-state index in [2.05, 4.69) is 21.2 Å². The second-order valence-corrected chi connectivity index (χ2v) is 9.18. The Kier molecular flexibility index (Phi) is 5.90. The summed E-state index contributed by atoms with van der Waals surface area (Å²) < 4.78 is 22.7. The first-order valence-electron chi connectivity index (χ1n) is 10.1. The smallest absolute Gasteiger partial charge is 0.241 e. The number of fused-ring (bicyclic) bond motifs is 1. The van der Waals surface area contributed by atoms with Gasteiger partial charge in [0.05, 0.1) is 16.5 Å². The number of amides is 1. The van der Waals surface area contributed by atoms with E-state index in [-0.39, 0.29) is 16.8 Å². The van der Waals surface area contributed by atoms with E-state index in [1.807, 2.05) is 37.3 Å². The Hall–Kier alpha value is -3.01. The van der Waals surface area contributed by atoms with Crippen LogP contribution in [-0.2, 0) is 14.8 Å². The Bertz CT molecular complexity index is 1190. The third kappa shape index (κ3) is 4.84. The Balaban J connectivity index is 1.35. The van der Waals surface area contributed by atoms with Crippen molar-refractivity contribution in [1.29, 1.82) is 0 Å². The van der Waals surface area contributed by atoms with Gasteiger partial charge in [-0.25, -0.2) is 18.5 Å². The second kappa shape index (κ2) is 8.62. The van der Waals surface area contributed by atoms with Gasteiger partial charge in [0.25, 0.3) is 0 Å². The number of nitrogens with two attached hydrogens (primary N) is 1. The third-order valence-electron chi connectivity index (χ3n) is 5.60. The maximum atomic E-state index is 12.7. The van der Waals surface area contributed by atoms with Gasteiger partial charge in [-0.1, -0.05) is 18.2 Å². The van der Waals surface area contributed by atoms with Crippen LogP contribution in [0.3, 0.4) is 0 Å². The molecular formula is C22H25N5O3S. The van der Waals surface area contributed by atoms with Crippen LogP contribution in [-0.4, -0.2) is 56.4 Å². The molecule has 1 atom stereocenters. The van der Waals surface area contributed by atoms with Crippen molar-refractivity contribution in [2.24, 2.45) is 5.14 Å². The van der Waals surface area contributed by atoms with Gasteiger partial charge in [-0.05, 0) is 49.4 Å². The zero-order valence-corrected chi connectivity index (χ0v) is 18.0. The molecule has 0 aliphatic carbocycles. The maximum absolute atomic E-state index is 12.7. The molecule has 9 heteroatoms. The van der Waals surface area contributed by atoms with Gasteiger partial charge in [-0.15, -0.1) is 0 Å². The van der Waals surface area contributed by atoms with Crippen LogP contribution in [0.1, 0.15) is 6.92 Å². The first kappa shape index (κ1) is 21.2. The molecule has 1 fully saturated rings. The zero-order valence-electron chi connectivity index (χ0n) is 17.2. The summed E-state index contributed by atoms with van der Waals surface area (Å²) in [6.45, 7) is 4.93. The highest BCUT2D eigenvalue weighted by molar-refractivity contribution is 7.89. The molecule has 2 aromatic carbocycles. The third-order valence-corrected chi connectivity index (χ3v) is 6.53. The zero-order chi connectivity index (χ0) is 22.0. The molecule has 1 aliphatic heterocycles. The monoisotopic (exact) mass is 439 g/mol. The van der Waals surface area contributed by atoms with Crippen molar-refractivity contribution >= 4 is 38.3 Å². The minimum Gasteiger partial charge on any atom is -0.354 e. The summed E-state index contributed by atoms with van der Waals surface area (Å²) in [7, 11) is -3.75. The number of aromatic nitrogens is 1. The Labute approximate surface area is 181 Å². The standard InChI is InChI=1S/C22H25N5O3S/c1-16(22(28)24-18-7-9-19(10-8-18)31(23,29)30)26-12-14-27(15-13-26)21-11-6-17-4-2-3-5-20(17)25-21/h2-11,16H,12-15H2,1H3,(H,24,28)(H2,23,29,30). The van der Waals surface area contributed by atoms with Crippen LogP contribution in [0.4, 0.5) is 11.5 Å². The summed E-state index contributed by atoms with van der Waals surface area (Å²) in [5, 5.41) is 9.06. The fourth-order valence-corrected chi connectivity index (χ4v) is 4.23. The number of benzene rings is 2. The van der Waals surface area contributed by atoms with E-state index in [4.69, 9.17) is 10.1 Å². The lowest BCUT2D eigenvalue weighted by Gasteiger charge is -2.38. The highest BCUT2D eigenvalue weighted by Gasteiger charge is 2.26. The van der Waals surface area contributed by atoms with E-state index >= 15 is 0 Å². The van der Waals surface area contributed by atoms with Crippen LogP contribution in [0, 0.1) is 0 Å². The Morgan fingerprint density at radius 1 is 1.00 bits per heavy atom. The molecule has 1 saturated heterocycles. The van der Waals surface area contributed by atoms with Gasteiger partial charge in [0.1, 0.15) is 5.82 Å².